The Balaban J connectivity index is 1.84. The minimum atomic E-state index is -1.40. The van der Waals surface area contributed by atoms with Crippen molar-refractivity contribution in [3.63, 3.8) is 0 Å². The van der Waals surface area contributed by atoms with Gasteiger partial charge in [0.2, 0.25) is 5.95 Å². The number of primary amides is 1. The van der Waals surface area contributed by atoms with Gasteiger partial charge in [0.05, 0.1) is 18.4 Å². The Morgan fingerprint density at radius 1 is 1.11 bits per heavy atom. The van der Waals surface area contributed by atoms with Crippen LogP contribution in [0.2, 0.25) is 0 Å². The van der Waals surface area contributed by atoms with Crippen molar-refractivity contribution in [1.82, 2.24) is 25.3 Å². The van der Waals surface area contributed by atoms with E-state index in [1.54, 1.807) is 0 Å². The first-order chi connectivity index (χ1) is 17.5. The van der Waals surface area contributed by atoms with E-state index < -0.39 is 47.9 Å². The van der Waals surface area contributed by atoms with E-state index in [4.69, 9.17) is 22.3 Å². The van der Waals surface area contributed by atoms with Gasteiger partial charge < -0.3 is 37.6 Å². The molecule has 1 unspecified atom stereocenters. The number of carbonyl (C=O) groups is 4. The van der Waals surface area contributed by atoms with Crippen molar-refractivity contribution >= 4 is 46.6 Å². The number of nitrogens with two attached hydrogens (primary N) is 3. The van der Waals surface area contributed by atoms with Gasteiger partial charge in [-0.15, -0.1) is 0 Å². The molecule has 0 radical (unpaired) electrons. The summed E-state index contributed by atoms with van der Waals surface area (Å²) in [6.07, 6.45) is -0.747. The van der Waals surface area contributed by atoms with Crippen molar-refractivity contribution in [2.75, 3.05) is 10.6 Å². The van der Waals surface area contributed by atoms with Crippen LogP contribution in [0.15, 0.2) is 35.3 Å². The Kier molecular flexibility index (Phi) is 7.93. The second-order valence-corrected chi connectivity index (χ2v) is 7.80. The molecule has 0 spiro atoms. The van der Waals surface area contributed by atoms with Gasteiger partial charge in [-0.1, -0.05) is 0 Å². The van der Waals surface area contributed by atoms with E-state index in [0.29, 0.717) is 5.69 Å². The van der Waals surface area contributed by atoms with Gasteiger partial charge in [-0.2, -0.15) is 4.98 Å². The molecule has 3 aromatic rings. The number of rotatable bonds is 11. The summed E-state index contributed by atoms with van der Waals surface area (Å²) >= 11 is 0. The minimum Gasteiger partial charge on any atom is -0.481 e. The molecule has 10 N–H and O–H groups in total. The zero-order valence-electron chi connectivity index (χ0n) is 19.1. The van der Waals surface area contributed by atoms with Crippen LogP contribution in [-0.2, 0) is 20.9 Å². The van der Waals surface area contributed by atoms with E-state index in [0.717, 1.165) is 0 Å². The van der Waals surface area contributed by atoms with Gasteiger partial charge in [-0.3, -0.25) is 24.2 Å². The Hall–Kier alpha value is -5.12. The van der Waals surface area contributed by atoms with Crippen LogP contribution in [-0.4, -0.2) is 66.1 Å². The standard InChI is InChI=1S/C21H23N9O7/c22-15(16(23)33)30(8-10-7-25-17-14(26-10)19(35)29-21(24)28-17)11-3-1-9(2-4-11)18(34)27-12(20(36)37)5-6-13(31)32/h1-4,7,12,15H,5-6,8,22H2,(H2,23,33)(H,27,34)(H,31,32)(H,36,37)(H3,24,25,28,29,35)/t12-,15?/m0/s1. The molecule has 2 aromatic heterocycles. The third-order valence-corrected chi connectivity index (χ3v) is 5.16. The normalized spacial score (nSPS) is 12.5. The number of nitrogens with one attached hydrogen (secondary N) is 2. The van der Waals surface area contributed by atoms with Crippen molar-refractivity contribution in [2.45, 2.75) is 31.6 Å². The predicted octanol–water partition coefficient (Wildman–Crippen LogP) is -1.88. The molecule has 1 aromatic carbocycles. The first-order valence-corrected chi connectivity index (χ1v) is 10.6. The Morgan fingerprint density at radius 3 is 2.38 bits per heavy atom. The summed E-state index contributed by atoms with van der Waals surface area (Å²) < 4.78 is 0. The quantitative estimate of drug-likeness (QED) is 0.138. The van der Waals surface area contributed by atoms with Gasteiger partial charge >= 0.3 is 11.9 Å². The Labute approximate surface area is 207 Å². The topological polar surface area (TPSA) is 274 Å². The van der Waals surface area contributed by atoms with Crippen molar-refractivity contribution in [3.8, 4) is 0 Å². The van der Waals surface area contributed by atoms with Gasteiger partial charge in [0.15, 0.2) is 17.3 Å². The highest BCUT2D eigenvalue weighted by Gasteiger charge is 2.24. The number of hydrogen-bond acceptors (Lipinski definition) is 11. The molecule has 0 saturated carbocycles. The number of anilines is 2. The smallest absolute Gasteiger partial charge is 0.326 e. The van der Waals surface area contributed by atoms with E-state index in [1.165, 1.54) is 35.4 Å². The van der Waals surface area contributed by atoms with Gasteiger partial charge in [0, 0.05) is 17.7 Å². The van der Waals surface area contributed by atoms with Crippen molar-refractivity contribution in [1.29, 1.82) is 0 Å². The number of hydrogen-bond donors (Lipinski definition) is 7. The molecule has 16 heteroatoms. The van der Waals surface area contributed by atoms with Gasteiger partial charge in [0.25, 0.3) is 17.4 Å². The van der Waals surface area contributed by atoms with Crippen LogP contribution in [0.25, 0.3) is 11.2 Å². The summed E-state index contributed by atoms with van der Waals surface area (Å²) in [6, 6.07) is 4.18. The second kappa shape index (κ2) is 11.1. The molecule has 2 heterocycles. The zero-order chi connectivity index (χ0) is 27.3. The highest BCUT2D eigenvalue weighted by molar-refractivity contribution is 5.97. The van der Waals surface area contributed by atoms with Crippen molar-refractivity contribution < 1.29 is 29.4 Å². The molecule has 3 rings (SSSR count). The molecule has 2 atom stereocenters. The van der Waals surface area contributed by atoms with E-state index in [2.05, 4.69) is 25.3 Å². The summed E-state index contributed by atoms with van der Waals surface area (Å²) in [5, 5.41) is 20.3. The van der Waals surface area contributed by atoms with E-state index in [1.807, 2.05) is 0 Å². The molecule has 194 valence electrons. The summed E-state index contributed by atoms with van der Waals surface area (Å²) in [6.45, 7) is -0.112. The summed E-state index contributed by atoms with van der Waals surface area (Å²) in [5.41, 5.74) is 16.8. The predicted molar refractivity (Wildman–Crippen MR) is 128 cm³/mol. The number of H-pyrrole nitrogens is 1. The maximum absolute atomic E-state index is 12.5. The van der Waals surface area contributed by atoms with E-state index >= 15 is 0 Å². The number of fused-ring (bicyclic) bond motifs is 1. The number of aromatic nitrogens is 4. The molecule has 0 aliphatic carbocycles. The molecule has 0 aliphatic rings. The molecule has 0 fully saturated rings. The van der Waals surface area contributed by atoms with Crippen molar-refractivity contribution in [3.05, 3.63) is 52.1 Å². The highest BCUT2D eigenvalue weighted by Crippen LogP contribution is 2.20. The highest BCUT2D eigenvalue weighted by atomic mass is 16.4. The number of benzene rings is 1. The average Bonchev–Trinajstić information content (AvgIpc) is 2.84. The van der Waals surface area contributed by atoms with Crippen molar-refractivity contribution in [2.24, 2.45) is 11.5 Å². The monoisotopic (exact) mass is 513 g/mol. The van der Waals surface area contributed by atoms with Crippen LogP contribution in [0.1, 0.15) is 28.9 Å². The third kappa shape index (κ3) is 6.51. The lowest BCUT2D eigenvalue weighted by atomic mass is 10.1. The molecule has 37 heavy (non-hydrogen) atoms. The van der Waals surface area contributed by atoms with Gasteiger partial charge in [0.1, 0.15) is 6.04 Å². The fourth-order valence-electron chi connectivity index (χ4n) is 3.30. The number of carbonyl (C=O) groups excluding carboxylic acids is 2. The van der Waals surface area contributed by atoms with Crippen LogP contribution in [0.3, 0.4) is 0 Å². The average molecular weight is 513 g/mol. The zero-order valence-corrected chi connectivity index (χ0v) is 19.1. The van der Waals surface area contributed by atoms with Gasteiger partial charge in [-0.05, 0) is 30.7 Å². The lowest BCUT2D eigenvalue weighted by Gasteiger charge is -2.28. The fraction of sp³-hybridized carbons (Fsp3) is 0.238. The number of carboxylic acid groups (broad SMARTS) is 2. The molecule has 0 aliphatic heterocycles. The molecule has 0 saturated heterocycles. The summed E-state index contributed by atoms with van der Waals surface area (Å²) in [7, 11) is 0. The van der Waals surface area contributed by atoms with E-state index in [9.17, 15) is 29.1 Å². The van der Waals surface area contributed by atoms with Crippen LogP contribution < -0.4 is 33.0 Å². The molecule has 0 bridgehead atoms. The summed E-state index contributed by atoms with van der Waals surface area (Å²) in [4.78, 5) is 74.4. The maximum atomic E-state index is 12.5. The first kappa shape index (κ1) is 26.5. The first-order valence-electron chi connectivity index (χ1n) is 10.6. The van der Waals surface area contributed by atoms with Crippen LogP contribution in [0, 0.1) is 0 Å². The van der Waals surface area contributed by atoms with E-state index in [-0.39, 0.29) is 41.3 Å². The lowest BCUT2D eigenvalue weighted by molar-refractivity contribution is -0.140. The van der Waals surface area contributed by atoms with Crippen LogP contribution in [0.4, 0.5) is 11.6 Å². The molecular formula is C21H23N9O7. The third-order valence-electron chi connectivity index (χ3n) is 5.16. The van der Waals surface area contributed by atoms with Crippen LogP contribution in [0.5, 0.6) is 0 Å². The number of aromatic amines is 1. The molecular weight excluding hydrogens is 490 g/mol. The fourth-order valence-corrected chi connectivity index (χ4v) is 3.30. The number of nitrogens with zero attached hydrogens (tertiary/aromatic N) is 4. The SMILES string of the molecule is NC(=O)C(N)N(Cc1cnc2nc(N)[nH]c(=O)c2n1)c1ccc(C(=O)N[C@@H](CCC(=O)O)C(=O)O)cc1. The lowest BCUT2D eigenvalue weighted by Crippen LogP contribution is -2.51. The number of carboxylic acids is 2. The molecule has 16 nitrogen and oxygen atoms in total. The Morgan fingerprint density at radius 2 is 1.78 bits per heavy atom. The van der Waals surface area contributed by atoms with Gasteiger partial charge in [-0.25, -0.2) is 14.8 Å². The minimum absolute atomic E-state index is 0.0223. The molecule has 2 amide bonds. The number of nitrogen functional groups attached to an aromatic ring is 1. The largest absolute Gasteiger partial charge is 0.481 e. The number of aliphatic carboxylic acids is 2. The maximum Gasteiger partial charge on any atom is 0.326 e. The number of amides is 2. The second-order valence-electron chi connectivity index (χ2n) is 7.80. The Bertz CT molecular complexity index is 1410. The summed E-state index contributed by atoms with van der Waals surface area (Å²) in [5.74, 6) is -4.32. The van der Waals surface area contributed by atoms with Crippen LogP contribution >= 0.6 is 0 Å².